The molecule has 2 heterocycles. The summed E-state index contributed by atoms with van der Waals surface area (Å²) in [7, 11) is 0. The summed E-state index contributed by atoms with van der Waals surface area (Å²) in [5.41, 5.74) is 0.401. The Kier molecular flexibility index (Phi) is 5.49. The number of pyridine rings is 1. The zero-order valence-corrected chi connectivity index (χ0v) is 16.7. The SMILES string of the molecule is Cc1cc(C(=O)c2ccc(Br)c(C(=O)OC(C)(C)C)n2)nnc1Br. The highest BCUT2D eigenvalue weighted by Gasteiger charge is 2.23. The van der Waals surface area contributed by atoms with Crippen molar-refractivity contribution in [2.45, 2.75) is 33.3 Å². The first-order chi connectivity index (χ1) is 11.1. The lowest BCUT2D eigenvalue weighted by Gasteiger charge is -2.19. The minimum Gasteiger partial charge on any atom is -0.455 e. The van der Waals surface area contributed by atoms with E-state index in [1.54, 1.807) is 39.8 Å². The van der Waals surface area contributed by atoms with Gasteiger partial charge in [-0.2, -0.15) is 0 Å². The van der Waals surface area contributed by atoms with Gasteiger partial charge in [-0.25, -0.2) is 9.78 Å². The number of rotatable bonds is 3. The van der Waals surface area contributed by atoms with E-state index in [9.17, 15) is 9.59 Å². The van der Waals surface area contributed by atoms with Gasteiger partial charge in [-0.15, -0.1) is 10.2 Å². The molecule has 0 saturated heterocycles. The first-order valence-electron chi connectivity index (χ1n) is 7.03. The maximum atomic E-state index is 12.5. The third-order valence-corrected chi connectivity index (χ3v) is 4.25. The van der Waals surface area contributed by atoms with E-state index >= 15 is 0 Å². The van der Waals surface area contributed by atoms with Gasteiger partial charge in [0, 0.05) is 0 Å². The van der Waals surface area contributed by atoms with E-state index in [2.05, 4.69) is 47.0 Å². The number of hydrogen-bond acceptors (Lipinski definition) is 6. The van der Waals surface area contributed by atoms with E-state index in [1.165, 1.54) is 6.07 Å². The molecular weight excluding hydrogens is 442 g/mol. The second kappa shape index (κ2) is 7.06. The van der Waals surface area contributed by atoms with Gasteiger partial charge in [-0.05, 0) is 83.3 Å². The summed E-state index contributed by atoms with van der Waals surface area (Å²) in [6.07, 6.45) is 0. The largest absolute Gasteiger partial charge is 0.455 e. The van der Waals surface area contributed by atoms with Crippen LogP contribution in [-0.4, -0.2) is 32.5 Å². The molecule has 2 aromatic heterocycles. The highest BCUT2D eigenvalue weighted by molar-refractivity contribution is 9.10. The van der Waals surface area contributed by atoms with Gasteiger partial charge in [0.1, 0.15) is 21.6 Å². The van der Waals surface area contributed by atoms with Crippen molar-refractivity contribution in [1.29, 1.82) is 0 Å². The van der Waals surface area contributed by atoms with Crippen LogP contribution in [0, 0.1) is 6.92 Å². The number of halogens is 2. The third-order valence-electron chi connectivity index (χ3n) is 2.83. The summed E-state index contributed by atoms with van der Waals surface area (Å²) < 4.78 is 6.32. The number of ketones is 1. The van der Waals surface area contributed by atoms with Crippen LogP contribution in [-0.2, 0) is 4.74 Å². The van der Waals surface area contributed by atoms with Crippen molar-refractivity contribution in [2.75, 3.05) is 0 Å². The van der Waals surface area contributed by atoms with E-state index in [1.807, 2.05) is 0 Å². The molecule has 8 heteroatoms. The predicted molar refractivity (Wildman–Crippen MR) is 95.0 cm³/mol. The van der Waals surface area contributed by atoms with Crippen LogP contribution in [0.25, 0.3) is 0 Å². The van der Waals surface area contributed by atoms with Gasteiger partial charge in [0.15, 0.2) is 5.69 Å². The summed E-state index contributed by atoms with van der Waals surface area (Å²) in [5, 5.41) is 7.72. The summed E-state index contributed by atoms with van der Waals surface area (Å²) >= 11 is 6.49. The van der Waals surface area contributed by atoms with Crippen molar-refractivity contribution >= 4 is 43.6 Å². The smallest absolute Gasteiger partial charge is 0.358 e. The Hall–Kier alpha value is -1.67. The van der Waals surface area contributed by atoms with Gasteiger partial charge < -0.3 is 4.74 Å². The minimum atomic E-state index is -0.660. The van der Waals surface area contributed by atoms with Crippen molar-refractivity contribution < 1.29 is 14.3 Å². The van der Waals surface area contributed by atoms with E-state index in [-0.39, 0.29) is 17.1 Å². The zero-order chi connectivity index (χ0) is 18.1. The zero-order valence-electron chi connectivity index (χ0n) is 13.6. The van der Waals surface area contributed by atoms with Crippen molar-refractivity contribution in [3.8, 4) is 0 Å². The van der Waals surface area contributed by atoms with Crippen LogP contribution < -0.4 is 0 Å². The fourth-order valence-electron chi connectivity index (χ4n) is 1.75. The lowest BCUT2D eigenvalue weighted by atomic mass is 10.1. The number of carbonyl (C=O) groups excluding carboxylic acids is 2. The molecule has 0 aromatic carbocycles. The lowest BCUT2D eigenvalue weighted by molar-refractivity contribution is 0.00616. The van der Waals surface area contributed by atoms with Crippen molar-refractivity contribution in [1.82, 2.24) is 15.2 Å². The fourth-order valence-corrected chi connectivity index (χ4v) is 2.33. The highest BCUT2D eigenvalue weighted by Crippen LogP contribution is 2.20. The van der Waals surface area contributed by atoms with Crippen LogP contribution >= 0.6 is 31.9 Å². The minimum absolute atomic E-state index is 0.0394. The molecule has 0 bridgehead atoms. The predicted octanol–water partition coefficient (Wildman–Crippen LogP) is 3.89. The molecule has 0 fully saturated rings. The quantitative estimate of drug-likeness (QED) is 0.514. The Morgan fingerprint density at radius 3 is 2.33 bits per heavy atom. The van der Waals surface area contributed by atoms with Gasteiger partial charge in [0.2, 0.25) is 5.78 Å². The maximum absolute atomic E-state index is 12.5. The van der Waals surface area contributed by atoms with Crippen molar-refractivity contribution in [3.63, 3.8) is 0 Å². The number of aryl methyl sites for hydroxylation is 1. The van der Waals surface area contributed by atoms with Gasteiger partial charge in [-0.3, -0.25) is 4.79 Å². The maximum Gasteiger partial charge on any atom is 0.358 e. The number of aromatic nitrogens is 3. The van der Waals surface area contributed by atoms with Crippen LogP contribution in [0.15, 0.2) is 27.3 Å². The second-order valence-corrected chi connectivity index (χ2v) is 7.67. The summed E-state index contributed by atoms with van der Waals surface area (Å²) in [6, 6.07) is 4.70. The van der Waals surface area contributed by atoms with Crippen LogP contribution in [0.2, 0.25) is 0 Å². The topological polar surface area (TPSA) is 82.0 Å². The highest BCUT2D eigenvalue weighted by atomic mass is 79.9. The molecule has 6 nitrogen and oxygen atoms in total. The molecule has 2 rings (SSSR count). The molecule has 126 valence electrons. The van der Waals surface area contributed by atoms with Crippen LogP contribution in [0.5, 0.6) is 0 Å². The first kappa shape index (κ1) is 18.7. The van der Waals surface area contributed by atoms with Crippen LogP contribution in [0.4, 0.5) is 0 Å². The molecule has 0 aliphatic rings. The van der Waals surface area contributed by atoms with Crippen LogP contribution in [0.3, 0.4) is 0 Å². The number of hydrogen-bond donors (Lipinski definition) is 0. The molecule has 0 unspecified atom stereocenters. The molecule has 24 heavy (non-hydrogen) atoms. The van der Waals surface area contributed by atoms with Gasteiger partial charge >= 0.3 is 5.97 Å². The average molecular weight is 457 g/mol. The monoisotopic (exact) mass is 455 g/mol. The van der Waals surface area contributed by atoms with E-state index in [4.69, 9.17) is 4.74 Å². The Balaban J connectivity index is 2.38. The fraction of sp³-hybridized carbons (Fsp3) is 0.312. The molecule has 0 aliphatic heterocycles. The van der Waals surface area contributed by atoms with E-state index in [0.717, 1.165) is 5.56 Å². The molecule has 2 aromatic rings. The van der Waals surface area contributed by atoms with E-state index in [0.29, 0.717) is 9.08 Å². The molecule has 0 radical (unpaired) electrons. The standard InChI is InChI=1S/C16H15Br2N3O3/c1-8-7-11(20-21-14(8)18)13(22)10-6-5-9(17)12(19-10)15(23)24-16(2,3)4/h5-7H,1-4H3. The van der Waals surface area contributed by atoms with Gasteiger partial charge in [0.05, 0.1) is 4.47 Å². The number of carbonyl (C=O) groups is 2. The summed E-state index contributed by atoms with van der Waals surface area (Å²) in [6.45, 7) is 7.08. The molecule has 0 N–H and O–H groups in total. The van der Waals surface area contributed by atoms with Gasteiger partial charge in [-0.1, -0.05) is 0 Å². The Morgan fingerprint density at radius 1 is 1.08 bits per heavy atom. The Morgan fingerprint density at radius 2 is 1.75 bits per heavy atom. The van der Waals surface area contributed by atoms with Crippen molar-refractivity contribution in [2.24, 2.45) is 0 Å². The molecule has 0 aliphatic carbocycles. The third kappa shape index (κ3) is 4.45. The first-order valence-corrected chi connectivity index (χ1v) is 8.61. The van der Waals surface area contributed by atoms with Gasteiger partial charge in [0.25, 0.3) is 0 Å². The summed E-state index contributed by atoms with van der Waals surface area (Å²) in [4.78, 5) is 28.9. The number of ether oxygens (including phenoxy) is 1. The molecule has 0 atom stereocenters. The Bertz CT molecular complexity index is 817. The molecule has 0 amide bonds. The van der Waals surface area contributed by atoms with E-state index < -0.39 is 17.4 Å². The summed E-state index contributed by atoms with van der Waals surface area (Å²) in [5.74, 6) is -1.03. The van der Waals surface area contributed by atoms with Crippen molar-refractivity contribution in [3.05, 3.63) is 49.9 Å². The second-order valence-electron chi connectivity index (χ2n) is 6.06. The average Bonchev–Trinajstić information content (AvgIpc) is 2.48. The molecule has 0 spiro atoms. The van der Waals surface area contributed by atoms with Crippen LogP contribution in [0.1, 0.15) is 53.0 Å². The number of esters is 1. The molecule has 0 saturated carbocycles. The normalized spacial score (nSPS) is 11.2. The molecular formula is C16H15Br2N3O3. The number of nitrogens with zero attached hydrogens (tertiary/aromatic N) is 3. The lowest BCUT2D eigenvalue weighted by Crippen LogP contribution is -2.25. The Labute approximate surface area is 156 Å².